The van der Waals surface area contributed by atoms with Gasteiger partial charge in [0.05, 0.1) is 11.4 Å². The maximum atomic E-state index is 4.54. The van der Waals surface area contributed by atoms with Gasteiger partial charge in [0.25, 0.3) is 0 Å². The standard InChI is InChI=1S/C21H15N3/c1-2-6-16(7-3-1)18-12-19(14-22-13-18)17-9-10-21(24-15-17)20-8-4-5-11-23-20/h1-15H. The first-order valence-electron chi connectivity index (χ1n) is 7.78. The van der Waals surface area contributed by atoms with E-state index in [1.54, 1.807) is 6.20 Å². The lowest BCUT2D eigenvalue weighted by Gasteiger charge is -2.06. The van der Waals surface area contributed by atoms with E-state index in [0.717, 1.165) is 33.6 Å². The van der Waals surface area contributed by atoms with Crippen LogP contribution in [0.3, 0.4) is 0 Å². The van der Waals surface area contributed by atoms with Gasteiger partial charge in [0, 0.05) is 41.5 Å². The van der Waals surface area contributed by atoms with Gasteiger partial charge in [0.2, 0.25) is 0 Å². The largest absolute Gasteiger partial charge is 0.263 e. The van der Waals surface area contributed by atoms with E-state index in [1.165, 1.54) is 0 Å². The summed E-state index contributed by atoms with van der Waals surface area (Å²) >= 11 is 0. The molecule has 0 fully saturated rings. The monoisotopic (exact) mass is 309 g/mol. The van der Waals surface area contributed by atoms with Crippen LogP contribution in [0.25, 0.3) is 33.6 Å². The summed E-state index contributed by atoms with van der Waals surface area (Å²) in [4.78, 5) is 13.2. The molecule has 3 aromatic heterocycles. The Morgan fingerprint density at radius 3 is 1.96 bits per heavy atom. The number of benzene rings is 1. The van der Waals surface area contributed by atoms with Crippen molar-refractivity contribution in [1.82, 2.24) is 15.0 Å². The Morgan fingerprint density at radius 2 is 1.25 bits per heavy atom. The fourth-order valence-corrected chi connectivity index (χ4v) is 2.62. The van der Waals surface area contributed by atoms with E-state index in [0.29, 0.717) is 0 Å². The van der Waals surface area contributed by atoms with Crippen molar-refractivity contribution in [3.05, 3.63) is 91.5 Å². The number of hydrogen-bond acceptors (Lipinski definition) is 3. The second-order valence-corrected chi connectivity index (χ2v) is 5.48. The Bertz CT molecular complexity index is 933. The first-order chi connectivity index (χ1) is 11.9. The Kier molecular flexibility index (Phi) is 3.82. The highest BCUT2D eigenvalue weighted by Gasteiger charge is 2.04. The molecule has 0 atom stereocenters. The van der Waals surface area contributed by atoms with Gasteiger partial charge in [-0.05, 0) is 29.8 Å². The van der Waals surface area contributed by atoms with Crippen molar-refractivity contribution in [3.8, 4) is 33.6 Å². The van der Waals surface area contributed by atoms with Crippen molar-refractivity contribution < 1.29 is 0 Å². The molecule has 1 aromatic carbocycles. The maximum absolute atomic E-state index is 4.54. The predicted molar refractivity (Wildman–Crippen MR) is 96.1 cm³/mol. The molecule has 3 heteroatoms. The molecule has 3 nitrogen and oxygen atoms in total. The third-order valence-corrected chi connectivity index (χ3v) is 3.87. The summed E-state index contributed by atoms with van der Waals surface area (Å²) in [5, 5.41) is 0. The van der Waals surface area contributed by atoms with Gasteiger partial charge in [-0.25, -0.2) is 0 Å². The molecular formula is C21H15N3. The highest BCUT2D eigenvalue weighted by Crippen LogP contribution is 2.25. The molecule has 4 aromatic rings. The summed E-state index contributed by atoms with van der Waals surface area (Å²) in [6.45, 7) is 0. The summed E-state index contributed by atoms with van der Waals surface area (Å²) in [7, 11) is 0. The molecule has 0 aliphatic heterocycles. The molecule has 0 spiro atoms. The zero-order chi connectivity index (χ0) is 16.2. The van der Waals surface area contributed by atoms with E-state index in [2.05, 4.69) is 39.2 Å². The number of rotatable bonds is 3. The van der Waals surface area contributed by atoms with Crippen LogP contribution in [0.1, 0.15) is 0 Å². The lowest BCUT2D eigenvalue weighted by atomic mass is 10.0. The van der Waals surface area contributed by atoms with Gasteiger partial charge in [-0.3, -0.25) is 15.0 Å². The van der Waals surface area contributed by atoms with E-state index in [-0.39, 0.29) is 0 Å². The fraction of sp³-hybridized carbons (Fsp3) is 0. The van der Waals surface area contributed by atoms with Gasteiger partial charge >= 0.3 is 0 Å². The topological polar surface area (TPSA) is 38.7 Å². The van der Waals surface area contributed by atoms with E-state index >= 15 is 0 Å². The SMILES string of the molecule is c1ccc(-c2cncc(-c3ccc(-c4ccccn4)nc3)c2)cc1. The van der Waals surface area contributed by atoms with Crippen molar-refractivity contribution >= 4 is 0 Å². The van der Waals surface area contributed by atoms with Crippen molar-refractivity contribution in [3.63, 3.8) is 0 Å². The van der Waals surface area contributed by atoms with Crippen LogP contribution in [0.15, 0.2) is 91.5 Å². The minimum Gasteiger partial charge on any atom is -0.263 e. The Morgan fingerprint density at radius 1 is 0.500 bits per heavy atom. The lowest BCUT2D eigenvalue weighted by Crippen LogP contribution is -1.88. The zero-order valence-electron chi connectivity index (χ0n) is 13.0. The molecule has 114 valence electrons. The molecule has 0 bridgehead atoms. The number of pyridine rings is 3. The van der Waals surface area contributed by atoms with Crippen LogP contribution in [0.5, 0.6) is 0 Å². The third-order valence-electron chi connectivity index (χ3n) is 3.87. The van der Waals surface area contributed by atoms with Crippen LogP contribution in [0.2, 0.25) is 0 Å². The van der Waals surface area contributed by atoms with Gasteiger partial charge < -0.3 is 0 Å². The summed E-state index contributed by atoms with van der Waals surface area (Å²) < 4.78 is 0. The average Bonchev–Trinajstić information content (AvgIpc) is 2.70. The Balaban J connectivity index is 1.67. The summed E-state index contributed by atoms with van der Waals surface area (Å²) in [6, 6.07) is 22.3. The van der Waals surface area contributed by atoms with Crippen LogP contribution in [-0.2, 0) is 0 Å². The van der Waals surface area contributed by atoms with E-state index < -0.39 is 0 Å². The minimum absolute atomic E-state index is 0.867. The Hall–Kier alpha value is -3.33. The third kappa shape index (κ3) is 2.92. The van der Waals surface area contributed by atoms with Crippen LogP contribution in [0.4, 0.5) is 0 Å². The van der Waals surface area contributed by atoms with Gasteiger partial charge in [-0.2, -0.15) is 0 Å². The summed E-state index contributed by atoms with van der Waals surface area (Å²) in [5.74, 6) is 0. The normalized spacial score (nSPS) is 10.5. The molecule has 0 aliphatic rings. The van der Waals surface area contributed by atoms with Gasteiger partial charge in [-0.1, -0.05) is 42.5 Å². The molecule has 0 N–H and O–H groups in total. The lowest BCUT2D eigenvalue weighted by molar-refractivity contribution is 1.24. The smallest absolute Gasteiger partial charge is 0.0886 e. The second kappa shape index (κ2) is 6.42. The van der Waals surface area contributed by atoms with E-state index in [1.807, 2.05) is 61.1 Å². The first-order valence-corrected chi connectivity index (χ1v) is 7.78. The van der Waals surface area contributed by atoms with Gasteiger partial charge in [0.15, 0.2) is 0 Å². The number of hydrogen-bond donors (Lipinski definition) is 0. The summed E-state index contributed by atoms with van der Waals surface area (Å²) in [6.07, 6.45) is 7.40. The van der Waals surface area contributed by atoms with Crippen molar-refractivity contribution in [1.29, 1.82) is 0 Å². The van der Waals surface area contributed by atoms with Gasteiger partial charge in [-0.15, -0.1) is 0 Å². The van der Waals surface area contributed by atoms with Crippen LogP contribution in [-0.4, -0.2) is 15.0 Å². The van der Waals surface area contributed by atoms with Crippen LogP contribution < -0.4 is 0 Å². The highest BCUT2D eigenvalue weighted by molar-refractivity contribution is 5.72. The molecule has 0 saturated carbocycles. The van der Waals surface area contributed by atoms with Crippen LogP contribution >= 0.6 is 0 Å². The average molecular weight is 309 g/mol. The quantitative estimate of drug-likeness (QED) is 0.542. The first kappa shape index (κ1) is 14.3. The maximum Gasteiger partial charge on any atom is 0.0886 e. The molecule has 4 rings (SSSR count). The molecular weight excluding hydrogens is 294 g/mol. The number of nitrogens with zero attached hydrogens (tertiary/aromatic N) is 3. The molecule has 0 radical (unpaired) electrons. The molecule has 0 unspecified atom stereocenters. The van der Waals surface area contributed by atoms with Crippen molar-refractivity contribution in [2.24, 2.45) is 0 Å². The highest BCUT2D eigenvalue weighted by atomic mass is 14.8. The molecule has 3 heterocycles. The molecule has 0 amide bonds. The number of aromatic nitrogens is 3. The van der Waals surface area contributed by atoms with Crippen molar-refractivity contribution in [2.45, 2.75) is 0 Å². The molecule has 0 aliphatic carbocycles. The minimum atomic E-state index is 0.867. The zero-order valence-corrected chi connectivity index (χ0v) is 13.0. The molecule has 24 heavy (non-hydrogen) atoms. The van der Waals surface area contributed by atoms with Crippen molar-refractivity contribution in [2.75, 3.05) is 0 Å². The van der Waals surface area contributed by atoms with E-state index in [9.17, 15) is 0 Å². The van der Waals surface area contributed by atoms with E-state index in [4.69, 9.17) is 0 Å². The fourth-order valence-electron chi connectivity index (χ4n) is 2.62. The van der Waals surface area contributed by atoms with Crippen LogP contribution in [0, 0.1) is 0 Å². The Labute approximate surface area is 140 Å². The predicted octanol–water partition coefficient (Wildman–Crippen LogP) is 4.87. The van der Waals surface area contributed by atoms with Gasteiger partial charge in [0.1, 0.15) is 0 Å². The summed E-state index contributed by atoms with van der Waals surface area (Å²) in [5.41, 5.74) is 6.09. The second-order valence-electron chi connectivity index (χ2n) is 5.48. The molecule has 0 saturated heterocycles.